The second-order valence-electron chi connectivity index (χ2n) is 5.29. The van der Waals surface area contributed by atoms with E-state index in [9.17, 15) is 8.42 Å². The molecule has 0 heterocycles. The molecule has 2 atom stereocenters. The van der Waals surface area contributed by atoms with Gasteiger partial charge in [-0.25, -0.2) is 13.1 Å². The van der Waals surface area contributed by atoms with Crippen molar-refractivity contribution in [3.05, 3.63) is 35.9 Å². The fraction of sp³-hybridized carbons (Fsp3) is 0.571. The zero-order valence-corrected chi connectivity index (χ0v) is 13.2. The van der Waals surface area contributed by atoms with Crippen LogP contribution in [0, 0.1) is 11.8 Å². The van der Waals surface area contributed by atoms with Gasteiger partial charge in [0.25, 0.3) is 0 Å². The van der Waals surface area contributed by atoms with Gasteiger partial charge >= 0.3 is 0 Å². The molecule has 0 radical (unpaired) electrons. The van der Waals surface area contributed by atoms with Gasteiger partial charge in [-0.15, -0.1) is 11.6 Å². The molecule has 0 aliphatic heterocycles. The molecule has 0 aliphatic rings. The van der Waals surface area contributed by atoms with E-state index in [4.69, 9.17) is 11.6 Å². The lowest BCUT2D eigenvalue weighted by Gasteiger charge is -2.23. The minimum Gasteiger partial charge on any atom is -0.212 e. The van der Waals surface area contributed by atoms with Crippen molar-refractivity contribution in [2.24, 2.45) is 11.8 Å². The first-order chi connectivity index (χ1) is 8.85. The van der Waals surface area contributed by atoms with Crippen molar-refractivity contribution < 1.29 is 8.42 Å². The van der Waals surface area contributed by atoms with Crippen molar-refractivity contribution in [2.45, 2.75) is 26.8 Å². The largest absolute Gasteiger partial charge is 0.212 e. The number of sulfonamides is 1. The van der Waals surface area contributed by atoms with Crippen molar-refractivity contribution in [3.8, 4) is 0 Å². The van der Waals surface area contributed by atoms with E-state index >= 15 is 0 Å². The van der Waals surface area contributed by atoms with E-state index in [1.807, 2.05) is 51.1 Å². The zero-order chi connectivity index (χ0) is 14.5. The van der Waals surface area contributed by atoms with Crippen LogP contribution in [-0.2, 0) is 10.0 Å². The Morgan fingerprint density at radius 2 is 1.74 bits per heavy atom. The molecule has 5 heteroatoms. The summed E-state index contributed by atoms with van der Waals surface area (Å²) in [6, 6.07) is 9.44. The third kappa shape index (κ3) is 5.51. The maximum Gasteiger partial charge on any atom is 0.212 e. The summed E-state index contributed by atoms with van der Waals surface area (Å²) >= 11 is 5.68. The van der Waals surface area contributed by atoms with Crippen LogP contribution in [0.1, 0.15) is 32.4 Å². The van der Waals surface area contributed by atoms with Crippen molar-refractivity contribution >= 4 is 21.6 Å². The summed E-state index contributed by atoms with van der Waals surface area (Å²) < 4.78 is 27.0. The van der Waals surface area contributed by atoms with Gasteiger partial charge in [-0.3, -0.25) is 0 Å². The highest BCUT2D eigenvalue weighted by Crippen LogP contribution is 2.22. The van der Waals surface area contributed by atoms with E-state index in [2.05, 4.69) is 4.72 Å². The Bertz CT molecular complexity index is 473. The predicted octanol–water partition coefficient (Wildman–Crippen LogP) is 3.18. The van der Waals surface area contributed by atoms with E-state index in [-0.39, 0.29) is 23.6 Å². The first-order valence-electron chi connectivity index (χ1n) is 6.46. The van der Waals surface area contributed by atoms with Crippen molar-refractivity contribution in [1.29, 1.82) is 0 Å². The summed E-state index contributed by atoms with van der Waals surface area (Å²) in [6.07, 6.45) is 0. The number of hydrogen-bond donors (Lipinski definition) is 1. The molecule has 0 amide bonds. The predicted molar refractivity (Wildman–Crippen MR) is 80.8 cm³/mol. The van der Waals surface area contributed by atoms with Crippen LogP contribution in [0.4, 0.5) is 0 Å². The molecule has 0 bridgehead atoms. The Labute approximate surface area is 121 Å². The van der Waals surface area contributed by atoms with Crippen LogP contribution in [0.3, 0.4) is 0 Å². The van der Waals surface area contributed by atoms with Gasteiger partial charge in [0.1, 0.15) is 0 Å². The van der Waals surface area contributed by atoms with Crippen LogP contribution in [0.15, 0.2) is 30.3 Å². The number of hydrogen-bond acceptors (Lipinski definition) is 2. The molecule has 0 aliphatic carbocycles. The Morgan fingerprint density at radius 1 is 1.16 bits per heavy atom. The van der Waals surface area contributed by atoms with Crippen LogP contribution in [-0.4, -0.2) is 20.1 Å². The average Bonchev–Trinajstić information content (AvgIpc) is 2.36. The van der Waals surface area contributed by atoms with Gasteiger partial charge in [0.05, 0.1) is 5.75 Å². The van der Waals surface area contributed by atoms with E-state index in [1.165, 1.54) is 0 Å². The van der Waals surface area contributed by atoms with Crippen LogP contribution >= 0.6 is 11.6 Å². The van der Waals surface area contributed by atoms with Gasteiger partial charge in [-0.1, -0.05) is 51.1 Å². The molecular weight excluding hydrogens is 282 g/mol. The summed E-state index contributed by atoms with van der Waals surface area (Å²) in [5.74, 6) is 0.539. The molecule has 0 aromatic heterocycles. The summed E-state index contributed by atoms with van der Waals surface area (Å²) in [7, 11) is -3.32. The standard InChI is InChI=1S/C14H22ClNO2S/c1-11(2)14(13-7-5-4-6-8-13)16-19(17,18)10-12(3)9-15/h4-8,11-12,14,16H,9-10H2,1-3H3. The second kappa shape index (κ2) is 7.27. The normalized spacial score (nSPS) is 15.4. The molecule has 1 rings (SSSR count). The van der Waals surface area contributed by atoms with Crippen LogP contribution in [0.2, 0.25) is 0 Å². The maximum absolute atomic E-state index is 12.1. The van der Waals surface area contributed by atoms with E-state index in [0.717, 1.165) is 5.56 Å². The van der Waals surface area contributed by atoms with Crippen molar-refractivity contribution in [1.82, 2.24) is 4.72 Å². The Balaban J connectivity index is 2.86. The molecule has 1 aromatic rings. The minimum absolute atomic E-state index is 0.0530. The molecule has 2 unspecified atom stereocenters. The highest BCUT2D eigenvalue weighted by Gasteiger charge is 2.23. The smallest absolute Gasteiger partial charge is 0.212 e. The molecule has 0 saturated heterocycles. The lowest BCUT2D eigenvalue weighted by Crippen LogP contribution is -2.35. The Morgan fingerprint density at radius 3 is 2.21 bits per heavy atom. The molecule has 3 nitrogen and oxygen atoms in total. The minimum atomic E-state index is -3.32. The van der Waals surface area contributed by atoms with Crippen molar-refractivity contribution in [2.75, 3.05) is 11.6 Å². The topological polar surface area (TPSA) is 46.2 Å². The molecule has 0 spiro atoms. The summed E-state index contributed by atoms with van der Waals surface area (Å²) in [5, 5.41) is 0. The lowest BCUT2D eigenvalue weighted by molar-refractivity contribution is 0.460. The maximum atomic E-state index is 12.1. The average molecular weight is 304 g/mol. The van der Waals surface area contributed by atoms with Crippen LogP contribution in [0.25, 0.3) is 0 Å². The highest BCUT2D eigenvalue weighted by atomic mass is 35.5. The summed E-state index contributed by atoms with van der Waals surface area (Å²) in [6.45, 7) is 5.84. The SMILES string of the molecule is CC(CCl)CS(=O)(=O)NC(c1ccccc1)C(C)C. The molecule has 0 saturated carbocycles. The fourth-order valence-corrected chi connectivity index (χ4v) is 3.91. The highest BCUT2D eigenvalue weighted by molar-refractivity contribution is 7.89. The van der Waals surface area contributed by atoms with Gasteiger partial charge in [0.2, 0.25) is 10.0 Å². The number of rotatable bonds is 7. The second-order valence-corrected chi connectivity index (χ2v) is 7.40. The van der Waals surface area contributed by atoms with Gasteiger partial charge in [-0.2, -0.15) is 0 Å². The molecule has 108 valence electrons. The third-order valence-corrected chi connectivity index (χ3v) is 5.05. The number of alkyl halides is 1. The van der Waals surface area contributed by atoms with Gasteiger partial charge in [-0.05, 0) is 17.4 Å². The summed E-state index contributed by atoms with van der Waals surface area (Å²) in [5.41, 5.74) is 0.986. The van der Waals surface area contributed by atoms with Gasteiger partial charge in [0.15, 0.2) is 0 Å². The summed E-state index contributed by atoms with van der Waals surface area (Å²) in [4.78, 5) is 0. The molecule has 1 aromatic carbocycles. The van der Waals surface area contributed by atoms with Gasteiger partial charge in [0, 0.05) is 11.9 Å². The molecule has 0 fully saturated rings. The monoisotopic (exact) mass is 303 g/mol. The van der Waals surface area contributed by atoms with Gasteiger partial charge < -0.3 is 0 Å². The molecular formula is C14H22ClNO2S. The van der Waals surface area contributed by atoms with Crippen LogP contribution in [0.5, 0.6) is 0 Å². The molecule has 19 heavy (non-hydrogen) atoms. The fourth-order valence-electron chi connectivity index (χ4n) is 1.91. The first kappa shape index (κ1) is 16.5. The Kier molecular flexibility index (Phi) is 6.30. The first-order valence-corrected chi connectivity index (χ1v) is 8.65. The third-order valence-electron chi connectivity index (χ3n) is 2.90. The number of nitrogens with one attached hydrogen (secondary N) is 1. The zero-order valence-electron chi connectivity index (χ0n) is 11.6. The quantitative estimate of drug-likeness (QED) is 0.786. The van der Waals surface area contributed by atoms with E-state index in [1.54, 1.807) is 0 Å². The molecule has 1 N–H and O–H groups in total. The Hall–Kier alpha value is -0.580. The van der Waals surface area contributed by atoms with E-state index in [0.29, 0.717) is 5.88 Å². The van der Waals surface area contributed by atoms with E-state index < -0.39 is 10.0 Å². The van der Waals surface area contributed by atoms with Crippen molar-refractivity contribution in [3.63, 3.8) is 0 Å². The lowest BCUT2D eigenvalue weighted by atomic mass is 9.97. The number of halogens is 1. The van der Waals surface area contributed by atoms with Crippen LogP contribution < -0.4 is 4.72 Å². The number of benzene rings is 1.